The number of hydrogen-bond donors (Lipinski definition) is 1. The molecule has 0 bridgehead atoms. The molecule has 1 aliphatic heterocycles. The minimum Gasteiger partial charge on any atom is -0.328 e. The largest absolute Gasteiger partial charge is 0.328 e. The third kappa shape index (κ3) is 2.05. The summed E-state index contributed by atoms with van der Waals surface area (Å²) in [5, 5.41) is 0. The monoisotopic (exact) mass is 182 g/mol. The van der Waals surface area contributed by atoms with Gasteiger partial charge in [0.1, 0.15) is 0 Å². The van der Waals surface area contributed by atoms with Crippen LogP contribution in [-0.2, 0) is 0 Å². The third-order valence-electron chi connectivity index (χ3n) is 3.82. The second-order valence-corrected chi connectivity index (χ2v) is 4.84. The zero-order valence-electron chi connectivity index (χ0n) is 8.71. The topological polar surface area (TPSA) is 29.3 Å². The van der Waals surface area contributed by atoms with Crippen molar-refractivity contribution in [3.8, 4) is 0 Å². The number of piperidine rings is 1. The fraction of sp³-hybridized carbons (Fsp3) is 1.00. The number of rotatable bonds is 2. The van der Waals surface area contributed by atoms with Crippen LogP contribution in [0.3, 0.4) is 0 Å². The summed E-state index contributed by atoms with van der Waals surface area (Å²) < 4.78 is 0. The van der Waals surface area contributed by atoms with E-state index in [9.17, 15) is 0 Å². The fourth-order valence-electron chi connectivity index (χ4n) is 2.55. The lowest BCUT2D eigenvalue weighted by Gasteiger charge is -2.43. The van der Waals surface area contributed by atoms with E-state index in [1.807, 2.05) is 0 Å². The van der Waals surface area contributed by atoms with Crippen LogP contribution < -0.4 is 5.73 Å². The Morgan fingerprint density at radius 1 is 1.23 bits per heavy atom. The van der Waals surface area contributed by atoms with E-state index in [2.05, 4.69) is 11.8 Å². The van der Waals surface area contributed by atoms with Gasteiger partial charge in [0, 0.05) is 18.6 Å². The molecule has 2 fully saturated rings. The maximum atomic E-state index is 5.96. The first-order valence-corrected chi connectivity index (χ1v) is 5.77. The van der Waals surface area contributed by atoms with Gasteiger partial charge in [-0.15, -0.1) is 0 Å². The molecular weight excluding hydrogens is 160 g/mol. The molecule has 0 unspecified atom stereocenters. The molecule has 1 aliphatic carbocycles. The predicted molar refractivity (Wildman–Crippen MR) is 55.6 cm³/mol. The standard InChI is InChI=1S/C11H22N2/c1-9(12)10-4-3-7-13(8-10)11-5-2-6-11/h9-11H,2-8,12H2,1H3/t9-,10-/m1/s1. The number of hydrogen-bond acceptors (Lipinski definition) is 2. The van der Waals surface area contributed by atoms with Gasteiger partial charge in [-0.05, 0) is 45.1 Å². The van der Waals surface area contributed by atoms with Crippen molar-refractivity contribution in [2.45, 2.75) is 51.1 Å². The Morgan fingerprint density at radius 3 is 2.54 bits per heavy atom. The summed E-state index contributed by atoms with van der Waals surface area (Å²) in [6, 6.07) is 1.31. The normalized spacial score (nSPS) is 34.2. The summed E-state index contributed by atoms with van der Waals surface area (Å²) in [5.41, 5.74) is 5.96. The molecule has 2 aliphatic rings. The quantitative estimate of drug-likeness (QED) is 0.703. The van der Waals surface area contributed by atoms with E-state index in [0.717, 1.165) is 12.0 Å². The highest BCUT2D eigenvalue weighted by atomic mass is 15.2. The lowest BCUT2D eigenvalue weighted by molar-refractivity contribution is 0.0710. The van der Waals surface area contributed by atoms with Crippen molar-refractivity contribution in [1.29, 1.82) is 0 Å². The average Bonchev–Trinajstić information content (AvgIpc) is 2.01. The molecule has 0 aromatic carbocycles. The molecule has 0 amide bonds. The molecule has 13 heavy (non-hydrogen) atoms. The van der Waals surface area contributed by atoms with Gasteiger partial charge in [0.25, 0.3) is 0 Å². The molecule has 2 N–H and O–H groups in total. The SMILES string of the molecule is C[C@@H](N)[C@@H]1CCCN(C2CCC2)C1. The van der Waals surface area contributed by atoms with E-state index < -0.39 is 0 Å². The lowest BCUT2D eigenvalue weighted by Crippen LogP contribution is -2.49. The molecule has 0 spiro atoms. The van der Waals surface area contributed by atoms with Crippen LogP contribution in [0.2, 0.25) is 0 Å². The summed E-state index contributed by atoms with van der Waals surface area (Å²) in [4.78, 5) is 2.68. The number of likely N-dealkylation sites (tertiary alicyclic amines) is 1. The van der Waals surface area contributed by atoms with Gasteiger partial charge in [-0.3, -0.25) is 0 Å². The molecule has 2 atom stereocenters. The van der Waals surface area contributed by atoms with Crippen molar-refractivity contribution in [3.05, 3.63) is 0 Å². The Kier molecular flexibility index (Phi) is 2.89. The predicted octanol–water partition coefficient (Wildman–Crippen LogP) is 1.60. The summed E-state index contributed by atoms with van der Waals surface area (Å²) >= 11 is 0. The van der Waals surface area contributed by atoms with Crippen LogP contribution in [0, 0.1) is 5.92 Å². The van der Waals surface area contributed by atoms with E-state index in [4.69, 9.17) is 5.73 Å². The molecule has 1 saturated heterocycles. The van der Waals surface area contributed by atoms with Crippen molar-refractivity contribution in [3.63, 3.8) is 0 Å². The molecule has 2 nitrogen and oxygen atoms in total. The Labute approximate surface area is 81.5 Å². The Bertz CT molecular complexity index is 163. The van der Waals surface area contributed by atoms with Gasteiger partial charge in [0.2, 0.25) is 0 Å². The number of nitrogens with two attached hydrogens (primary N) is 1. The molecule has 0 radical (unpaired) electrons. The first-order valence-electron chi connectivity index (χ1n) is 5.77. The minimum atomic E-state index is 0.392. The molecule has 76 valence electrons. The summed E-state index contributed by atoms with van der Waals surface area (Å²) in [5.74, 6) is 0.759. The van der Waals surface area contributed by atoms with Crippen molar-refractivity contribution in [1.82, 2.24) is 4.90 Å². The molecule has 0 aromatic rings. The fourth-order valence-corrected chi connectivity index (χ4v) is 2.55. The molecular formula is C11H22N2. The van der Waals surface area contributed by atoms with Gasteiger partial charge in [0.05, 0.1) is 0 Å². The van der Waals surface area contributed by atoms with Crippen LogP contribution >= 0.6 is 0 Å². The van der Waals surface area contributed by atoms with E-state index >= 15 is 0 Å². The first kappa shape index (κ1) is 9.47. The molecule has 2 heteroatoms. The number of nitrogens with zero attached hydrogens (tertiary/aromatic N) is 1. The van der Waals surface area contributed by atoms with Crippen LogP contribution in [0.5, 0.6) is 0 Å². The Hall–Kier alpha value is -0.0800. The van der Waals surface area contributed by atoms with Crippen LogP contribution in [0.15, 0.2) is 0 Å². The maximum Gasteiger partial charge on any atom is 0.00954 e. The highest BCUT2D eigenvalue weighted by Gasteiger charge is 2.30. The van der Waals surface area contributed by atoms with Gasteiger partial charge in [-0.2, -0.15) is 0 Å². The zero-order valence-corrected chi connectivity index (χ0v) is 8.71. The van der Waals surface area contributed by atoms with Gasteiger partial charge < -0.3 is 10.6 Å². The van der Waals surface area contributed by atoms with Crippen LogP contribution in [0.4, 0.5) is 0 Å². The summed E-state index contributed by atoms with van der Waals surface area (Å²) in [6.45, 7) is 4.76. The Morgan fingerprint density at radius 2 is 2.00 bits per heavy atom. The van der Waals surface area contributed by atoms with Crippen molar-refractivity contribution in [2.75, 3.05) is 13.1 Å². The van der Waals surface area contributed by atoms with Crippen molar-refractivity contribution in [2.24, 2.45) is 11.7 Å². The maximum absolute atomic E-state index is 5.96. The second-order valence-electron chi connectivity index (χ2n) is 4.84. The highest BCUT2D eigenvalue weighted by molar-refractivity contribution is 4.86. The second kappa shape index (κ2) is 3.97. The summed E-state index contributed by atoms with van der Waals surface area (Å²) in [6.07, 6.45) is 7.03. The van der Waals surface area contributed by atoms with Crippen LogP contribution in [-0.4, -0.2) is 30.1 Å². The van der Waals surface area contributed by atoms with Crippen LogP contribution in [0.25, 0.3) is 0 Å². The smallest absolute Gasteiger partial charge is 0.00954 e. The molecule has 2 rings (SSSR count). The van der Waals surface area contributed by atoms with E-state index in [0.29, 0.717) is 6.04 Å². The van der Waals surface area contributed by atoms with E-state index in [1.165, 1.54) is 45.2 Å². The van der Waals surface area contributed by atoms with Gasteiger partial charge in [-0.1, -0.05) is 6.42 Å². The zero-order chi connectivity index (χ0) is 9.26. The average molecular weight is 182 g/mol. The lowest BCUT2D eigenvalue weighted by atomic mass is 9.86. The third-order valence-corrected chi connectivity index (χ3v) is 3.82. The van der Waals surface area contributed by atoms with Crippen molar-refractivity contribution < 1.29 is 0 Å². The van der Waals surface area contributed by atoms with E-state index in [-0.39, 0.29) is 0 Å². The van der Waals surface area contributed by atoms with Gasteiger partial charge >= 0.3 is 0 Å². The molecule has 0 aromatic heterocycles. The Balaban J connectivity index is 1.84. The van der Waals surface area contributed by atoms with Gasteiger partial charge in [-0.25, -0.2) is 0 Å². The molecule has 1 heterocycles. The minimum absolute atomic E-state index is 0.392. The van der Waals surface area contributed by atoms with Crippen LogP contribution in [0.1, 0.15) is 39.0 Å². The first-order chi connectivity index (χ1) is 6.27. The molecule has 1 saturated carbocycles. The highest BCUT2D eigenvalue weighted by Crippen LogP contribution is 2.29. The van der Waals surface area contributed by atoms with E-state index in [1.54, 1.807) is 0 Å². The summed E-state index contributed by atoms with van der Waals surface area (Å²) in [7, 11) is 0. The van der Waals surface area contributed by atoms with Gasteiger partial charge in [0.15, 0.2) is 0 Å². The van der Waals surface area contributed by atoms with Crippen molar-refractivity contribution >= 4 is 0 Å².